The van der Waals surface area contributed by atoms with Crippen LogP contribution < -0.4 is 4.90 Å². The number of benzene rings is 9. The average molecular weight is 808 g/mol. The van der Waals surface area contributed by atoms with E-state index in [9.17, 15) is 0 Å². The molecule has 9 aromatic carbocycles. The van der Waals surface area contributed by atoms with E-state index >= 15 is 0 Å². The molecule has 0 saturated heterocycles. The van der Waals surface area contributed by atoms with Crippen LogP contribution in [0, 0.1) is 0 Å². The van der Waals surface area contributed by atoms with Crippen molar-refractivity contribution >= 4 is 17.1 Å². The topological polar surface area (TPSA) is 3.24 Å². The molecule has 0 fully saturated rings. The Morgan fingerprint density at radius 3 is 1.57 bits per heavy atom. The van der Waals surface area contributed by atoms with E-state index < -0.39 is 0 Å². The summed E-state index contributed by atoms with van der Waals surface area (Å²) in [5, 5.41) is 0. The molecule has 1 atom stereocenters. The first-order valence-electron chi connectivity index (χ1n) is 22.4. The Bertz CT molecular complexity index is 3290. The molecule has 0 aliphatic heterocycles. The van der Waals surface area contributed by atoms with Gasteiger partial charge in [0.05, 0.1) is 11.4 Å². The van der Waals surface area contributed by atoms with Crippen LogP contribution in [0.4, 0.5) is 17.1 Å². The lowest BCUT2D eigenvalue weighted by Crippen LogP contribution is -2.22. The van der Waals surface area contributed by atoms with Gasteiger partial charge in [-0.2, -0.15) is 0 Å². The molecule has 0 spiro atoms. The van der Waals surface area contributed by atoms with Crippen molar-refractivity contribution in [1.82, 2.24) is 0 Å². The van der Waals surface area contributed by atoms with E-state index in [1.54, 1.807) is 0 Å². The molecule has 1 unspecified atom stereocenters. The van der Waals surface area contributed by atoms with E-state index in [1.165, 1.54) is 100 Å². The summed E-state index contributed by atoms with van der Waals surface area (Å²) in [7, 11) is 0. The minimum atomic E-state index is -0.323. The summed E-state index contributed by atoms with van der Waals surface area (Å²) < 4.78 is 0. The minimum Gasteiger partial charge on any atom is -0.309 e. The third kappa shape index (κ3) is 5.29. The minimum absolute atomic E-state index is 0.105. The number of fused-ring (bicyclic) bond motifs is 9. The van der Waals surface area contributed by atoms with E-state index in [4.69, 9.17) is 0 Å². The number of anilines is 3. The highest BCUT2D eigenvalue weighted by Gasteiger charge is 2.43. The molecule has 0 amide bonds. The zero-order valence-electron chi connectivity index (χ0n) is 36.6. The van der Waals surface area contributed by atoms with Crippen molar-refractivity contribution in [2.24, 2.45) is 0 Å². The van der Waals surface area contributed by atoms with E-state index in [1.807, 2.05) is 0 Å². The molecule has 3 aliphatic rings. The van der Waals surface area contributed by atoms with Crippen LogP contribution in [-0.2, 0) is 16.2 Å². The normalized spacial score (nSPS) is 16.7. The first kappa shape index (κ1) is 37.5. The van der Waals surface area contributed by atoms with Gasteiger partial charge in [0.25, 0.3) is 0 Å². The van der Waals surface area contributed by atoms with Crippen LogP contribution in [0.2, 0.25) is 0 Å². The summed E-state index contributed by atoms with van der Waals surface area (Å²) in [5.74, 6) is 0. The molecule has 3 aliphatic carbocycles. The molecule has 0 radical (unpaired) electrons. The fraction of sp³-hybridized carbons (Fsp3) is 0.129. The van der Waals surface area contributed by atoms with Crippen molar-refractivity contribution in [3.8, 4) is 55.6 Å². The monoisotopic (exact) mass is 807 g/mol. The largest absolute Gasteiger partial charge is 0.309 e. The molecule has 1 heteroatoms. The maximum atomic E-state index is 2.54. The maximum absolute atomic E-state index is 2.54. The van der Waals surface area contributed by atoms with Crippen LogP contribution in [0.15, 0.2) is 206 Å². The Morgan fingerprint density at radius 2 is 0.825 bits per heavy atom. The summed E-state index contributed by atoms with van der Waals surface area (Å²) in [6, 6.07) is 77.3. The summed E-state index contributed by atoms with van der Waals surface area (Å²) in [5.41, 5.74) is 25.3. The van der Waals surface area contributed by atoms with Gasteiger partial charge in [0, 0.05) is 33.1 Å². The molecule has 0 saturated carbocycles. The Hall–Kier alpha value is -7.22. The van der Waals surface area contributed by atoms with Crippen molar-refractivity contribution in [2.45, 2.75) is 50.9 Å². The van der Waals surface area contributed by atoms with E-state index in [0.717, 1.165) is 11.4 Å². The van der Waals surface area contributed by atoms with Gasteiger partial charge in [-0.1, -0.05) is 204 Å². The highest BCUT2D eigenvalue weighted by atomic mass is 15.1. The molecule has 9 aromatic rings. The highest BCUT2D eigenvalue weighted by molar-refractivity contribution is 5.99. The van der Waals surface area contributed by atoms with Gasteiger partial charge in [-0.05, 0) is 121 Å². The van der Waals surface area contributed by atoms with Crippen molar-refractivity contribution in [3.63, 3.8) is 0 Å². The molecule has 1 nitrogen and oxygen atoms in total. The molecule has 302 valence electrons. The van der Waals surface area contributed by atoms with Crippen LogP contribution in [0.25, 0.3) is 55.6 Å². The molecule has 12 rings (SSSR count). The van der Waals surface area contributed by atoms with Gasteiger partial charge in [0.2, 0.25) is 0 Å². The molecular formula is C62H49N. The van der Waals surface area contributed by atoms with Gasteiger partial charge >= 0.3 is 0 Å². The number of para-hydroxylation sites is 1. The van der Waals surface area contributed by atoms with Gasteiger partial charge in [0.15, 0.2) is 0 Å². The molecule has 0 aromatic heterocycles. The summed E-state index contributed by atoms with van der Waals surface area (Å²) in [6.45, 7) is 11.9. The Labute approximate surface area is 372 Å². The van der Waals surface area contributed by atoms with Crippen molar-refractivity contribution in [1.29, 1.82) is 0 Å². The zero-order valence-corrected chi connectivity index (χ0v) is 36.6. The maximum Gasteiger partial charge on any atom is 0.0543 e. The second-order valence-corrected chi connectivity index (χ2v) is 19.0. The number of nitrogens with zero attached hydrogens (tertiary/aromatic N) is 1. The van der Waals surface area contributed by atoms with Gasteiger partial charge in [-0.25, -0.2) is 0 Å². The third-order valence-corrected chi connectivity index (χ3v) is 15.0. The Kier molecular flexibility index (Phi) is 8.13. The van der Waals surface area contributed by atoms with Crippen LogP contribution in [0.1, 0.15) is 73.6 Å². The van der Waals surface area contributed by atoms with Crippen molar-refractivity contribution in [2.75, 3.05) is 4.90 Å². The lowest BCUT2D eigenvalue weighted by molar-refractivity contribution is 0.660. The van der Waals surface area contributed by atoms with Gasteiger partial charge < -0.3 is 4.90 Å². The number of hydrogen-bond acceptors (Lipinski definition) is 1. The average Bonchev–Trinajstić information content (AvgIpc) is 3.84. The third-order valence-electron chi connectivity index (χ3n) is 15.0. The van der Waals surface area contributed by atoms with Gasteiger partial charge in [-0.15, -0.1) is 0 Å². The summed E-state index contributed by atoms with van der Waals surface area (Å²) >= 11 is 0. The standard InChI is InChI=1S/C62H49N/c1-60(2)51-27-13-9-22-46(51)48-38-35-41(39-55(48)60)44-21-12-16-31-56(44)63(57-32-18-30-54-58(57)50-24-11-15-29-53(50)62(54,5)42-19-7-6-8-20-42)43-36-33-40(34-37-43)45-25-17-26-49-47-23-10-14-28-52(47)61(3,4)59(45)49/h6-39H,1-5H3. The first-order valence-corrected chi connectivity index (χ1v) is 22.4. The summed E-state index contributed by atoms with van der Waals surface area (Å²) in [4.78, 5) is 2.54. The van der Waals surface area contributed by atoms with Crippen LogP contribution in [0.5, 0.6) is 0 Å². The fourth-order valence-corrected chi connectivity index (χ4v) is 11.9. The predicted octanol–water partition coefficient (Wildman–Crippen LogP) is 16.4. The lowest BCUT2D eigenvalue weighted by atomic mass is 9.74. The smallest absolute Gasteiger partial charge is 0.0543 e. The Balaban J connectivity index is 1.07. The molecule has 0 heterocycles. The first-order chi connectivity index (χ1) is 30.7. The van der Waals surface area contributed by atoms with Crippen LogP contribution in [-0.4, -0.2) is 0 Å². The van der Waals surface area contributed by atoms with E-state index in [-0.39, 0.29) is 16.2 Å². The molecule has 0 N–H and O–H groups in total. The lowest BCUT2D eigenvalue weighted by Gasteiger charge is -2.32. The fourth-order valence-electron chi connectivity index (χ4n) is 11.9. The second kappa shape index (κ2) is 13.6. The van der Waals surface area contributed by atoms with Gasteiger partial charge in [-0.3, -0.25) is 0 Å². The zero-order chi connectivity index (χ0) is 42.7. The highest BCUT2D eigenvalue weighted by Crippen LogP contribution is 2.58. The van der Waals surface area contributed by atoms with Crippen LogP contribution in [0.3, 0.4) is 0 Å². The molecular weight excluding hydrogens is 759 g/mol. The SMILES string of the molecule is CC1(C)c2ccccc2-c2ccc(-c3ccccc3N(c3ccc(-c4cccc5c4C(C)(C)c4ccccc4-5)cc3)c3cccc4c3-c3ccccc3C4(C)c3ccccc3)cc21. The van der Waals surface area contributed by atoms with Crippen molar-refractivity contribution < 1.29 is 0 Å². The van der Waals surface area contributed by atoms with E-state index in [0.29, 0.717) is 0 Å². The number of hydrogen-bond donors (Lipinski definition) is 0. The Morgan fingerprint density at radius 1 is 0.317 bits per heavy atom. The van der Waals surface area contributed by atoms with Crippen LogP contribution >= 0.6 is 0 Å². The molecule has 63 heavy (non-hydrogen) atoms. The molecule has 0 bridgehead atoms. The number of rotatable bonds is 6. The second-order valence-electron chi connectivity index (χ2n) is 19.0. The summed E-state index contributed by atoms with van der Waals surface area (Å²) in [6.07, 6.45) is 0. The van der Waals surface area contributed by atoms with Gasteiger partial charge in [0.1, 0.15) is 0 Å². The van der Waals surface area contributed by atoms with Crippen molar-refractivity contribution in [3.05, 3.63) is 245 Å². The quantitative estimate of drug-likeness (QED) is 0.162. The van der Waals surface area contributed by atoms with E-state index in [2.05, 4.69) is 246 Å². The predicted molar refractivity (Wildman–Crippen MR) is 265 cm³/mol.